The summed E-state index contributed by atoms with van der Waals surface area (Å²) >= 11 is 0. The standard InChI is InChI=1S/C19H27N3O3S.C13H13NO.C6H14N2O2S/c1-22(2)19(9-10-19)12-26(24,25)21-18(23)20-17-15-7-3-5-13(15)11-14-6-4-8-16(14)17;15-8-14-13-11-5-1-3-9(11)7-10-4-2-6-12(10)13;1-8(2)6(3-4-6)5-11(7,9)10/h11H,3-10,12H2,1-2H3,(H2,20,21,23);7H,1-6H2;3-5H2,1-2H3,(H2,7,9,10). The normalized spacial score (nSPS) is 19.6. The minimum Gasteiger partial charge on any atom is -0.307 e. The summed E-state index contributed by atoms with van der Waals surface area (Å²) in [6.45, 7) is 0. The number of isocyanates is 1. The molecule has 2 aromatic carbocycles. The van der Waals surface area contributed by atoms with Crippen molar-refractivity contribution in [2.45, 2.75) is 114 Å². The average molecular weight is 755 g/mol. The Bertz CT molecular complexity index is 1930. The molecular formula is C38H54N6O6S2. The summed E-state index contributed by atoms with van der Waals surface area (Å²) in [4.78, 5) is 30.8. The number of carbonyl (C=O) groups is 1. The Morgan fingerprint density at radius 2 is 1.12 bits per heavy atom. The number of aliphatic imine (C=N–C) groups is 1. The number of carbonyl (C=O) groups excluding carboxylic acids is 2. The van der Waals surface area contributed by atoms with Gasteiger partial charge in [0.05, 0.1) is 17.2 Å². The van der Waals surface area contributed by atoms with E-state index in [9.17, 15) is 26.4 Å². The van der Waals surface area contributed by atoms with Crippen LogP contribution in [0.5, 0.6) is 0 Å². The predicted octanol–water partition coefficient (Wildman–Crippen LogP) is 4.21. The minimum absolute atomic E-state index is 0.0363. The van der Waals surface area contributed by atoms with Crippen molar-refractivity contribution in [3.8, 4) is 0 Å². The molecule has 6 aliphatic carbocycles. The summed E-state index contributed by atoms with van der Waals surface area (Å²) in [5.41, 5.74) is 11.9. The lowest BCUT2D eigenvalue weighted by molar-refractivity contribution is 0.256. The van der Waals surface area contributed by atoms with Gasteiger partial charge in [-0.25, -0.2) is 36.3 Å². The van der Waals surface area contributed by atoms with Crippen LogP contribution in [0.25, 0.3) is 0 Å². The molecule has 12 nitrogen and oxygen atoms in total. The molecule has 0 atom stereocenters. The SMILES string of the molecule is CN(C)C1(CS(=O)(=O)NC(=O)Nc2c3c(cc4c2CCC4)CCC3)CC1.CN(C)C1(CS(N)(=O)=O)CC1.O=C=Nc1c2c(cc3c1CCC3)CCC2. The summed E-state index contributed by atoms with van der Waals surface area (Å²) in [7, 11) is 0.571. The van der Waals surface area contributed by atoms with Crippen LogP contribution < -0.4 is 15.2 Å². The monoisotopic (exact) mass is 754 g/mol. The Balaban J connectivity index is 0.000000150. The maximum atomic E-state index is 12.5. The largest absolute Gasteiger partial charge is 0.332 e. The number of amides is 2. The van der Waals surface area contributed by atoms with Gasteiger partial charge in [-0.05, 0) is 175 Å². The number of nitrogens with zero attached hydrogens (tertiary/aromatic N) is 3. The van der Waals surface area contributed by atoms with Crippen LogP contribution in [0.15, 0.2) is 17.1 Å². The Morgan fingerprint density at radius 1 is 0.712 bits per heavy atom. The van der Waals surface area contributed by atoms with Crippen LogP contribution in [0.2, 0.25) is 0 Å². The zero-order chi connectivity index (χ0) is 37.5. The molecule has 8 rings (SSSR count). The fourth-order valence-electron chi connectivity index (χ4n) is 8.71. The maximum absolute atomic E-state index is 12.5. The number of sulfonamides is 2. The zero-order valence-electron chi connectivity index (χ0n) is 31.1. The van der Waals surface area contributed by atoms with E-state index in [-0.39, 0.29) is 22.6 Å². The highest BCUT2D eigenvalue weighted by atomic mass is 32.2. The number of anilines is 1. The molecule has 6 aliphatic rings. The van der Waals surface area contributed by atoms with Crippen LogP contribution in [0, 0.1) is 0 Å². The van der Waals surface area contributed by atoms with E-state index in [0.29, 0.717) is 0 Å². The molecule has 0 radical (unpaired) electrons. The summed E-state index contributed by atoms with van der Waals surface area (Å²) in [5.74, 6) is 0.0540. The van der Waals surface area contributed by atoms with Crippen LogP contribution >= 0.6 is 0 Å². The highest BCUT2D eigenvalue weighted by Gasteiger charge is 2.49. The van der Waals surface area contributed by atoms with Crippen molar-refractivity contribution in [3.05, 3.63) is 56.6 Å². The Morgan fingerprint density at radius 3 is 1.48 bits per heavy atom. The third-order valence-corrected chi connectivity index (χ3v) is 14.4. The van der Waals surface area contributed by atoms with Gasteiger partial charge in [-0.3, -0.25) is 0 Å². The highest BCUT2D eigenvalue weighted by Crippen LogP contribution is 2.43. The summed E-state index contributed by atoms with van der Waals surface area (Å²) in [5, 5.41) is 7.84. The molecule has 0 bridgehead atoms. The molecule has 2 saturated carbocycles. The van der Waals surface area contributed by atoms with Crippen molar-refractivity contribution in [2.24, 2.45) is 10.1 Å². The fourth-order valence-corrected chi connectivity index (χ4v) is 11.7. The van der Waals surface area contributed by atoms with Gasteiger partial charge in [0.15, 0.2) is 0 Å². The van der Waals surface area contributed by atoms with Gasteiger partial charge < -0.3 is 15.1 Å². The second-order valence-corrected chi connectivity index (χ2v) is 19.3. The van der Waals surface area contributed by atoms with Crippen molar-refractivity contribution < 1.29 is 26.4 Å². The highest BCUT2D eigenvalue weighted by molar-refractivity contribution is 7.90. The van der Waals surface area contributed by atoms with Crippen LogP contribution in [-0.2, 0) is 76.2 Å². The lowest BCUT2D eigenvalue weighted by atomic mass is 9.99. The maximum Gasteiger partial charge on any atom is 0.332 e. The zero-order valence-corrected chi connectivity index (χ0v) is 32.7. The molecule has 2 fully saturated rings. The first-order valence-electron chi connectivity index (χ1n) is 18.6. The van der Waals surface area contributed by atoms with E-state index in [0.717, 1.165) is 101 Å². The Labute approximate surface area is 309 Å². The number of primary sulfonamides is 1. The number of nitrogens with two attached hydrogens (primary N) is 1. The van der Waals surface area contributed by atoms with E-state index < -0.39 is 26.1 Å². The van der Waals surface area contributed by atoms with Gasteiger partial charge >= 0.3 is 6.03 Å². The first kappa shape index (κ1) is 38.6. The molecule has 284 valence electrons. The molecule has 52 heavy (non-hydrogen) atoms. The lowest BCUT2D eigenvalue weighted by Crippen LogP contribution is -2.44. The molecule has 0 aliphatic heterocycles. The second-order valence-electron chi connectivity index (χ2n) is 16.0. The second kappa shape index (κ2) is 14.9. The molecule has 0 spiro atoms. The van der Waals surface area contributed by atoms with Gasteiger partial charge in [-0.2, -0.15) is 4.99 Å². The molecular weight excluding hydrogens is 701 g/mol. The molecule has 2 amide bonds. The van der Waals surface area contributed by atoms with Crippen molar-refractivity contribution in [2.75, 3.05) is 45.0 Å². The third-order valence-electron chi connectivity index (χ3n) is 12.0. The Kier molecular flexibility index (Phi) is 11.1. The van der Waals surface area contributed by atoms with Crippen molar-refractivity contribution >= 4 is 43.5 Å². The van der Waals surface area contributed by atoms with Crippen molar-refractivity contribution in [1.82, 2.24) is 14.5 Å². The van der Waals surface area contributed by atoms with Gasteiger partial charge in [-0.15, -0.1) is 0 Å². The minimum atomic E-state index is -3.67. The summed E-state index contributed by atoms with van der Waals surface area (Å²) in [6, 6.07) is 4.00. The number of rotatable bonds is 9. The number of aryl methyl sites for hydroxylation is 4. The topological polar surface area (TPSA) is 171 Å². The molecule has 14 heteroatoms. The Hall–Kier alpha value is -3.13. The number of hydrogen-bond acceptors (Lipinski definition) is 9. The number of urea groups is 1. The van der Waals surface area contributed by atoms with Crippen LogP contribution in [0.4, 0.5) is 16.2 Å². The molecule has 0 aromatic heterocycles. The first-order valence-corrected chi connectivity index (χ1v) is 22.0. The first-order chi connectivity index (χ1) is 24.6. The summed E-state index contributed by atoms with van der Waals surface area (Å²) < 4.78 is 48.6. The van der Waals surface area contributed by atoms with Gasteiger partial charge in [-0.1, -0.05) is 12.1 Å². The fraction of sp³-hybridized carbons (Fsp3) is 0.632. The predicted molar refractivity (Wildman–Crippen MR) is 204 cm³/mol. The van der Waals surface area contributed by atoms with Gasteiger partial charge in [0.1, 0.15) is 0 Å². The van der Waals surface area contributed by atoms with Crippen molar-refractivity contribution in [3.63, 3.8) is 0 Å². The van der Waals surface area contributed by atoms with E-state index in [1.165, 1.54) is 57.3 Å². The van der Waals surface area contributed by atoms with Gasteiger partial charge in [0, 0.05) is 16.8 Å². The molecule has 0 heterocycles. The average Bonchev–Trinajstić information content (AvgIpc) is 3.62. The van der Waals surface area contributed by atoms with Gasteiger partial charge in [0.25, 0.3) is 0 Å². The van der Waals surface area contributed by atoms with E-state index in [2.05, 4.69) is 27.2 Å². The van der Waals surface area contributed by atoms with E-state index >= 15 is 0 Å². The smallest absolute Gasteiger partial charge is 0.307 e. The molecule has 0 saturated heterocycles. The number of fused-ring (bicyclic) bond motifs is 4. The van der Waals surface area contributed by atoms with E-state index in [1.54, 1.807) is 6.08 Å². The number of hydrogen-bond donors (Lipinski definition) is 3. The summed E-state index contributed by atoms with van der Waals surface area (Å²) in [6.07, 6.45) is 18.4. The quantitative estimate of drug-likeness (QED) is 0.253. The lowest BCUT2D eigenvalue weighted by Gasteiger charge is -2.23. The third kappa shape index (κ3) is 8.63. The van der Waals surface area contributed by atoms with E-state index in [4.69, 9.17) is 5.14 Å². The van der Waals surface area contributed by atoms with E-state index in [1.807, 2.05) is 38.0 Å². The molecule has 2 aromatic rings. The number of benzene rings is 2. The molecule has 0 unspecified atom stereocenters. The van der Waals surface area contributed by atoms with Crippen LogP contribution in [-0.4, -0.2) is 89.5 Å². The molecule has 4 N–H and O–H groups in total. The van der Waals surface area contributed by atoms with Crippen molar-refractivity contribution in [1.29, 1.82) is 0 Å². The van der Waals surface area contributed by atoms with Gasteiger partial charge in [0.2, 0.25) is 26.1 Å². The number of nitrogens with one attached hydrogen (secondary N) is 2. The van der Waals surface area contributed by atoms with Crippen LogP contribution in [0.3, 0.4) is 0 Å². The van der Waals surface area contributed by atoms with Crippen LogP contribution in [0.1, 0.15) is 95.9 Å².